The lowest BCUT2D eigenvalue weighted by Crippen LogP contribution is -2.26. The van der Waals surface area contributed by atoms with Crippen LogP contribution in [0.3, 0.4) is 0 Å². The topological polar surface area (TPSA) is 43.7 Å². The van der Waals surface area contributed by atoms with Crippen molar-refractivity contribution >= 4 is 5.69 Å². The molecule has 1 aromatic carbocycles. The lowest BCUT2D eigenvalue weighted by atomic mass is 10.1. The predicted molar refractivity (Wildman–Crippen MR) is 66.6 cm³/mol. The maximum atomic E-state index is 13.2. The largest absolute Gasteiger partial charge is 0.396 e. The molecule has 0 spiro atoms. The summed E-state index contributed by atoms with van der Waals surface area (Å²) in [4.78, 5) is 2.03. The first-order valence-electron chi connectivity index (χ1n) is 5.93. The minimum atomic E-state index is -0.705. The zero-order valence-corrected chi connectivity index (χ0v) is 10.4. The van der Waals surface area contributed by atoms with E-state index >= 15 is 0 Å². The molecule has 0 aliphatic heterocycles. The molecule has 96 valence electrons. The molecule has 0 fully saturated rings. The van der Waals surface area contributed by atoms with Gasteiger partial charge in [-0.2, -0.15) is 0 Å². The fourth-order valence-electron chi connectivity index (χ4n) is 1.86. The van der Waals surface area contributed by atoms with Crippen molar-refractivity contribution in [2.45, 2.75) is 26.4 Å². The Kier molecular flexibility index (Phi) is 5.38. The van der Waals surface area contributed by atoms with Gasteiger partial charge in [-0.25, -0.2) is 4.39 Å². The quantitative estimate of drug-likeness (QED) is 0.801. The van der Waals surface area contributed by atoms with E-state index in [-0.39, 0.29) is 12.4 Å². The zero-order chi connectivity index (χ0) is 12.8. The van der Waals surface area contributed by atoms with Crippen LogP contribution < -0.4 is 4.90 Å². The first-order valence-corrected chi connectivity index (χ1v) is 5.93. The second kappa shape index (κ2) is 6.57. The van der Waals surface area contributed by atoms with Crippen LogP contribution in [0.5, 0.6) is 0 Å². The summed E-state index contributed by atoms with van der Waals surface area (Å²) in [5, 5.41) is 18.5. The number of halogens is 1. The van der Waals surface area contributed by atoms with Crippen molar-refractivity contribution in [1.29, 1.82) is 0 Å². The number of hydrogen-bond donors (Lipinski definition) is 2. The number of benzene rings is 1. The molecule has 0 aliphatic carbocycles. The molecule has 0 radical (unpaired) electrons. The summed E-state index contributed by atoms with van der Waals surface area (Å²) in [5.74, 6) is -0.345. The number of anilines is 1. The van der Waals surface area contributed by atoms with E-state index in [1.807, 2.05) is 11.8 Å². The number of rotatable bonds is 6. The molecular formula is C13H20FNO2. The highest BCUT2D eigenvalue weighted by Crippen LogP contribution is 2.27. The minimum absolute atomic E-state index is 0.127. The lowest BCUT2D eigenvalue weighted by molar-refractivity contribution is 0.199. The Morgan fingerprint density at radius 2 is 2.12 bits per heavy atom. The van der Waals surface area contributed by atoms with Gasteiger partial charge < -0.3 is 15.1 Å². The van der Waals surface area contributed by atoms with Crippen molar-refractivity contribution in [1.82, 2.24) is 0 Å². The first-order chi connectivity index (χ1) is 8.10. The Balaban J connectivity index is 3.00. The first kappa shape index (κ1) is 13.9. The van der Waals surface area contributed by atoms with Crippen molar-refractivity contribution < 1.29 is 14.6 Å². The summed E-state index contributed by atoms with van der Waals surface area (Å²) < 4.78 is 13.2. The van der Waals surface area contributed by atoms with Gasteiger partial charge in [-0.15, -0.1) is 0 Å². The maximum absolute atomic E-state index is 13.2. The van der Waals surface area contributed by atoms with Crippen molar-refractivity contribution in [3.8, 4) is 0 Å². The second-order valence-corrected chi connectivity index (χ2v) is 4.04. The molecule has 0 unspecified atom stereocenters. The Morgan fingerprint density at radius 1 is 1.41 bits per heavy atom. The summed E-state index contributed by atoms with van der Waals surface area (Å²) in [5.41, 5.74) is 1.42. The normalized spacial score (nSPS) is 12.5. The van der Waals surface area contributed by atoms with Crippen molar-refractivity contribution in [3.63, 3.8) is 0 Å². The molecule has 3 nitrogen and oxygen atoms in total. The van der Waals surface area contributed by atoms with Crippen molar-refractivity contribution in [2.75, 3.05) is 24.6 Å². The van der Waals surface area contributed by atoms with Crippen LogP contribution in [0.2, 0.25) is 0 Å². The molecule has 0 saturated carbocycles. The lowest BCUT2D eigenvalue weighted by Gasteiger charge is -2.26. The highest BCUT2D eigenvalue weighted by molar-refractivity contribution is 5.54. The number of nitrogens with zero attached hydrogens (tertiary/aromatic N) is 1. The van der Waals surface area contributed by atoms with Crippen LogP contribution in [0.1, 0.15) is 31.9 Å². The smallest absolute Gasteiger partial charge is 0.123 e. The SMILES string of the molecule is CCN(CCCO)c1ccc(F)cc1[C@H](C)O. The minimum Gasteiger partial charge on any atom is -0.396 e. The van der Waals surface area contributed by atoms with E-state index in [9.17, 15) is 9.50 Å². The zero-order valence-electron chi connectivity index (χ0n) is 10.4. The van der Waals surface area contributed by atoms with Gasteiger partial charge in [0.05, 0.1) is 6.10 Å². The second-order valence-electron chi connectivity index (χ2n) is 4.04. The monoisotopic (exact) mass is 241 g/mol. The van der Waals surface area contributed by atoms with Gasteiger partial charge in [-0.3, -0.25) is 0 Å². The van der Waals surface area contributed by atoms with E-state index < -0.39 is 6.10 Å². The van der Waals surface area contributed by atoms with Crippen LogP contribution >= 0.6 is 0 Å². The van der Waals surface area contributed by atoms with E-state index in [0.29, 0.717) is 18.5 Å². The predicted octanol–water partition coefficient (Wildman–Crippen LogP) is 2.09. The number of hydrogen-bond acceptors (Lipinski definition) is 3. The van der Waals surface area contributed by atoms with Crippen LogP contribution in [0.15, 0.2) is 18.2 Å². The van der Waals surface area contributed by atoms with Crippen LogP contribution in [0.25, 0.3) is 0 Å². The van der Waals surface area contributed by atoms with Gasteiger partial charge in [0, 0.05) is 30.9 Å². The third kappa shape index (κ3) is 3.68. The molecule has 0 aliphatic rings. The molecule has 4 heteroatoms. The Hall–Kier alpha value is -1.13. The third-order valence-electron chi connectivity index (χ3n) is 2.75. The highest BCUT2D eigenvalue weighted by atomic mass is 19.1. The van der Waals surface area contributed by atoms with E-state index in [0.717, 1.165) is 12.2 Å². The van der Waals surface area contributed by atoms with Gasteiger partial charge in [0.25, 0.3) is 0 Å². The van der Waals surface area contributed by atoms with E-state index in [4.69, 9.17) is 5.11 Å². The van der Waals surface area contributed by atoms with E-state index in [1.165, 1.54) is 12.1 Å². The third-order valence-corrected chi connectivity index (χ3v) is 2.75. The molecule has 0 amide bonds. The van der Waals surface area contributed by atoms with Crippen molar-refractivity contribution in [3.05, 3.63) is 29.6 Å². The van der Waals surface area contributed by atoms with Gasteiger partial charge in [0.15, 0.2) is 0 Å². The van der Waals surface area contributed by atoms with Gasteiger partial charge in [-0.05, 0) is 38.5 Å². The van der Waals surface area contributed by atoms with E-state index in [2.05, 4.69) is 0 Å². The summed E-state index contributed by atoms with van der Waals surface area (Å²) in [6.07, 6.45) is -0.0475. The average molecular weight is 241 g/mol. The highest BCUT2D eigenvalue weighted by Gasteiger charge is 2.14. The van der Waals surface area contributed by atoms with Crippen LogP contribution in [-0.2, 0) is 0 Å². The number of aliphatic hydroxyl groups excluding tert-OH is 2. The van der Waals surface area contributed by atoms with Gasteiger partial charge in [0.2, 0.25) is 0 Å². The fourth-order valence-corrected chi connectivity index (χ4v) is 1.86. The average Bonchev–Trinajstić information content (AvgIpc) is 2.31. The standard InChI is InChI=1S/C13H20FNO2/c1-3-15(7-4-8-16)13-6-5-11(14)9-12(13)10(2)17/h5-6,9-10,16-17H,3-4,7-8H2,1-2H3/t10-/m0/s1. The molecule has 0 heterocycles. The molecule has 17 heavy (non-hydrogen) atoms. The van der Waals surface area contributed by atoms with Crippen LogP contribution in [-0.4, -0.2) is 29.9 Å². The van der Waals surface area contributed by atoms with Crippen LogP contribution in [0.4, 0.5) is 10.1 Å². The Morgan fingerprint density at radius 3 is 2.65 bits per heavy atom. The molecule has 1 rings (SSSR count). The number of aliphatic hydroxyl groups is 2. The summed E-state index contributed by atoms with van der Waals surface area (Å²) in [6, 6.07) is 4.43. The summed E-state index contributed by atoms with van der Waals surface area (Å²) >= 11 is 0. The Bertz CT molecular complexity index is 355. The summed E-state index contributed by atoms with van der Waals surface area (Å²) in [6.45, 7) is 5.19. The molecular weight excluding hydrogens is 221 g/mol. The van der Waals surface area contributed by atoms with Gasteiger partial charge >= 0.3 is 0 Å². The molecule has 0 bridgehead atoms. The Labute approximate surface area is 101 Å². The molecule has 0 saturated heterocycles. The fraction of sp³-hybridized carbons (Fsp3) is 0.538. The molecule has 2 N–H and O–H groups in total. The van der Waals surface area contributed by atoms with Gasteiger partial charge in [-0.1, -0.05) is 0 Å². The van der Waals surface area contributed by atoms with Crippen molar-refractivity contribution in [2.24, 2.45) is 0 Å². The molecule has 0 aromatic heterocycles. The summed E-state index contributed by atoms with van der Waals surface area (Å²) in [7, 11) is 0. The molecule has 1 aromatic rings. The van der Waals surface area contributed by atoms with Crippen LogP contribution in [0, 0.1) is 5.82 Å². The molecule has 1 atom stereocenters. The van der Waals surface area contributed by atoms with E-state index in [1.54, 1.807) is 13.0 Å². The maximum Gasteiger partial charge on any atom is 0.123 e. The van der Waals surface area contributed by atoms with Gasteiger partial charge in [0.1, 0.15) is 5.82 Å².